The number of halogens is 2. The normalized spacial score (nSPS) is 11.1. The van der Waals surface area contributed by atoms with Crippen molar-refractivity contribution in [3.05, 3.63) is 101 Å². The summed E-state index contributed by atoms with van der Waals surface area (Å²) in [6.45, 7) is 5.37. The first-order chi connectivity index (χ1) is 14.7. The maximum Gasteiger partial charge on any atom is 0.266 e. The monoisotopic (exact) mass is 458 g/mol. The van der Waals surface area contributed by atoms with Gasteiger partial charge in [0.1, 0.15) is 10.7 Å². The first kappa shape index (κ1) is 22.5. The van der Waals surface area contributed by atoms with Gasteiger partial charge in [-0.15, -0.1) is 6.58 Å². The Kier molecular flexibility index (Phi) is 6.77. The number of carbonyl (C=O) groups excluding carboxylic acids is 1. The Morgan fingerprint density at radius 1 is 1.13 bits per heavy atom. The Labute approximate surface area is 185 Å². The first-order valence-electron chi connectivity index (χ1n) is 9.30. The molecule has 3 aromatic carbocycles. The number of hydrogen-bond donors (Lipinski definition) is 1. The zero-order valence-corrected chi connectivity index (χ0v) is 18.3. The maximum atomic E-state index is 13.5. The molecule has 0 spiro atoms. The van der Waals surface area contributed by atoms with E-state index >= 15 is 0 Å². The van der Waals surface area contributed by atoms with Gasteiger partial charge < -0.3 is 5.32 Å². The molecule has 0 bridgehead atoms. The van der Waals surface area contributed by atoms with Crippen LogP contribution in [0.2, 0.25) is 5.02 Å². The molecule has 3 rings (SSSR count). The average Bonchev–Trinajstić information content (AvgIpc) is 2.75. The Balaban J connectivity index is 2.00. The minimum atomic E-state index is -4.10. The molecular formula is C23H20ClFN2O3S. The van der Waals surface area contributed by atoms with Gasteiger partial charge in [0.25, 0.3) is 15.9 Å². The van der Waals surface area contributed by atoms with Crippen LogP contribution in [0.15, 0.2) is 84.3 Å². The van der Waals surface area contributed by atoms with Crippen LogP contribution in [-0.4, -0.2) is 20.9 Å². The Morgan fingerprint density at radius 2 is 1.84 bits per heavy atom. The van der Waals surface area contributed by atoms with Crippen LogP contribution in [0.3, 0.4) is 0 Å². The quantitative estimate of drug-likeness (QED) is 0.480. The number of carbonyl (C=O) groups is 1. The SMILES string of the molecule is C=CCN(c1ccccc1)S(=O)(=O)c1cc(C(=O)Nc2cc(F)ccc2C)ccc1Cl. The average molecular weight is 459 g/mol. The van der Waals surface area contributed by atoms with Crippen molar-refractivity contribution in [2.75, 3.05) is 16.2 Å². The highest BCUT2D eigenvalue weighted by Gasteiger charge is 2.27. The van der Waals surface area contributed by atoms with Crippen molar-refractivity contribution < 1.29 is 17.6 Å². The topological polar surface area (TPSA) is 66.5 Å². The summed E-state index contributed by atoms with van der Waals surface area (Å²) in [5.74, 6) is -1.08. The van der Waals surface area contributed by atoms with Crippen molar-refractivity contribution in [2.24, 2.45) is 0 Å². The first-order valence-corrected chi connectivity index (χ1v) is 11.1. The predicted octanol–water partition coefficient (Wildman–Crippen LogP) is 5.42. The second-order valence-corrected chi connectivity index (χ2v) is 8.96. The third-order valence-corrected chi connectivity index (χ3v) is 6.82. The van der Waals surface area contributed by atoms with E-state index in [1.807, 2.05) is 0 Å². The van der Waals surface area contributed by atoms with E-state index in [-0.39, 0.29) is 22.0 Å². The summed E-state index contributed by atoms with van der Waals surface area (Å²) in [5.41, 5.74) is 1.46. The van der Waals surface area contributed by atoms with Crippen LogP contribution in [0.1, 0.15) is 15.9 Å². The van der Waals surface area contributed by atoms with Crippen molar-refractivity contribution >= 4 is 38.9 Å². The molecule has 0 aliphatic carbocycles. The molecule has 0 unspecified atom stereocenters. The molecule has 0 aliphatic rings. The highest BCUT2D eigenvalue weighted by Crippen LogP contribution is 2.30. The molecule has 8 heteroatoms. The number of amides is 1. The van der Waals surface area contributed by atoms with Gasteiger partial charge in [0, 0.05) is 11.3 Å². The predicted molar refractivity (Wildman–Crippen MR) is 122 cm³/mol. The fourth-order valence-corrected chi connectivity index (χ4v) is 4.88. The number of rotatable bonds is 7. The summed E-state index contributed by atoms with van der Waals surface area (Å²) < 4.78 is 41.5. The van der Waals surface area contributed by atoms with E-state index in [1.165, 1.54) is 42.5 Å². The molecule has 0 aliphatic heterocycles. The van der Waals surface area contributed by atoms with E-state index in [1.54, 1.807) is 37.3 Å². The summed E-state index contributed by atoms with van der Waals surface area (Å²) in [5, 5.41) is 2.58. The number of nitrogens with zero attached hydrogens (tertiary/aromatic N) is 1. The maximum absolute atomic E-state index is 13.5. The van der Waals surface area contributed by atoms with Crippen LogP contribution in [-0.2, 0) is 10.0 Å². The van der Waals surface area contributed by atoms with Gasteiger partial charge in [0.05, 0.1) is 17.3 Å². The van der Waals surface area contributed by atoms with Crippen LogP contribution in [0, 0.1) is 12.7 Å². The second-order valence-electron chi connectivity index (χ2n) is 6.72. The molecule has 0 fully saturated rings. The number of nitrogens with one attached hydrogen (secondary N) is 1. The molecule has 5 nitrogen and oxygen atoms in total. The summed E-state index contributed by atoms with van der Waals surface area (Å²) in [7, 11) is -4.10. The molecule has 0 heterocycles. The van der Waals surface area contributed by atoms with Crippen LogP contribution >= 0.6 is 11.6 Å². The highest BCUT2D eigenvalue weighted by molar-refractivity contribution is 7.93. The van der Waals surface area contributed by atoms with E-state index in [0.717, 1.165) is 4.31 Å². The lowest BCUT2D eigenvalue weighted by Crippen LogP contribution is -2.31. The summed E-state index contributed by atoms with van der Waals surface area (Å²) in [6.07, 6.45) is 1.46. The van der Waals surface area contributed by atoms with E-state index in [9.17, 15) is 17.6 Å². The van der Waals surface area contributed by atoms with E-state index in [2.05, 4.69) is 11.9 Å². The van der Waals surface area contributed by atoms with Gasteiger partial charge in [-0.2, -0.15) is 0 Å². The molecule has 160 valence electrons. The van der Waals surface area contributed by atoms with Crippen LogP contribution in [0.5, 0.6) is 0 Å². The number of benzene rings is 3. The number of sulfonamides is 1. The number of aryl methyl sites for hydroxylation is 1. The largest absolute Gasteiger partial charge is 0.322 e. The third kappa shape index (κ3) is 4.95. The third-order valence-electron chi connectivity index (χ3n) is 4.55. The number of anilines is 2. The fourth-order valence-electron chi connectivity index (χ4n) is 2.94. The lowest BCUT2D eigenvalue weighted by Gasteiger charge is -2.24. The van der Waals surface area contributed by atoms with Crippen LogP contribution < -0.4 is 9.62 Å². The Hall–Kier alpha value is -3.16. The highest BCUT2D eigenvalue weighted by atomic mass is 35.5. The second kappa shape index (κ2) is 9.32. The molecular weight excluding hydrogens is 439 g/mol. The van der Waals surface area contributed by atoms with E-state index < -0.39 is 21.7 Å². The number of para-hydroxylation sites is 1. The van der Waals surface area contributed by atoms with Crippen molar-refractivity contribution in [2.45, 2.75) is 11.8 Å². The lowest BCUT2D eigenvalue weighted by atomic mass is 10.1. The summed E-state index contributed by atoms with van der Waals surface area (Å²) >= 11 is 6.21. The van der Waals surface area contributed by atoms with Crippen molar-refractivity contribution in [3.8, 4) is 0 Å². The standard InChI is InChI=1S/C23H20ClFN2O3S/c1-3-13-27(19-7-5-4-6-8-19)31(29,30)22-14-17(10-12-20(22)24)23(28)26-21-15-18(25)11-9-16(21)2/h3-12,14-15H,1,13H2,2H3,(H,26,28). The molecule has 0 aromatic heterocycles. The van der Waals surface area contributed by atoms with Gasteiger partial charge in [0.2, 0.25) is 0 Å². The van der Waals surface area contributed by atoms with Gasteiger partial charge in [-0.05, 0) is 55.0 Å². The molecule has 0 saturated carbocycles. The molecule has 3 aromatic rings. The smallest absolute Gasteiger partial charge is 0.266 e. The van der Waals surface area contributed by atoms with Crippen molar-refractivity contribution in [3.63, 3.8) is 0 Å². The van der Waals surface area contributed by atoms with Gasteiger partial charge in [-0.25, -0.2) is 12.8 Å². The van der Waals surface area contributed by atoms with Crippen LogP contribution in [0.4, 0.5) is 15.8 Å². The fraction of sp³-hybridized carbons (Fsp3) is 0.0870. The van der Waals surface area contributed by atoms with E-state index in [0.29, 0.717) is 16.9 Å². The van der Waals surface area contributed by atoms with Gasteiger partial charge in [-0.3, -0.25) is 9.10 Å². The Bertz CT molecular complexity index is 1230. The zero-order valence-electron chi connectivity index (χ0n) is 16.7. The van der Waals surface area contributed by atoms with Gasteiger partial charge in [-0.1, -0.05) is 41.9 Å². The van der Waals surface area contributed by atoms with Gasteiger partial charge in [0.15, 0.2) is 0 Å². The Morgan fingerprint density at radius 3 is 2.52 bits per heavy atom. The minimum Gasteiger partial charge on any atom is -0.322 e. The summed E-state index contributed by atoms with van der Waals surface area (Å²) in [6, 6.07) is 16.5. The lowest BCUT2D eigenvalue weighted by molar-refractivity contribution is 0.102. The van der Waals surface area contributed by atoms with Crippen LogP contribution in [0.25, 0.3) is 0 Å². The molecule has 0 saturated heterocycles. The molecule has 31 heavy (non-hydrogen) atoms. The number of hydrogen-bond acceptors (Lipinski definition) is 3. The summed E-state index contributed by atoms with van der Waals surface area (Å²) in [4.78, 5) is 12.5. The van der Waals surface area contributed by atoms with Crippen molar-refractivity contribution in [1.82, 2.24) is 0 Å². The van der Waals surface area contributed by atoms with E-state index in [4.69, 9.17) is 11.6 Å². The van der Waals surface area contributed by atoms with Gasteiger partial charge >= 0.3 is 0 Å². The zero-order chi connectivity index (χ0) is 22.6. The molecule has 1 N–H and O–H groups in total. The molecule has 0 radical (unpaired) electrons. The molecule has 1 amide bonds. The molecule has 0 atom stereocenters. The minimum absolute atomic E-state index is 0.0155. The van der Waals surface area contributed by atoms with Crippen molar-refractivity contribution in [1.29, 1.82) is 0 Å².